The summed E-state index contributed by atoms with van der Waals surface area (Å²) in [5, 5.41) is 2.07. The number of amides is 3. The van der Waals surface area contributed by atoms with Gasteiger partial charge in [0.1, 0.15) is 6.10 Å². The Bertz CT molecular complexity index is 542. The van der Waals surface area contributed by atoms with Crippen LogP contribution in [-0.4, -0.2) is 49.2 Å². The number of para-hydroxylation sites is 2. The molecule has 1 heterocycles. The topological polar surface area (TPSA) is 93.9 Å². The number of urea groups is 1. The fourth-order valence-electron chi connectivity index (χ4n) is 2.57. The van der Waals surface area contributed by atoms with Crippen molar-refractivity contribution in [3.8, 4) is 11.5 Å². The van der Waals surface area contributed by atoms with E-state index in [0.29, 0.717) is 6.61 Å². The van der Waals surface area contributed by atoms with E-state index < -0.39 is 6.03 Å². The number of hydrogen-bond acceptors (Lipinski definition) is 5. The summed E-state index contributed by atoms with van der Waals surface area (Å²) in [7, 11) is 0. The monoisotopic (exact) mass is 321 g/mol. The highest BCUT2D eigenvalue weighted by Crippen LogP contribution is 2.29. The van der Waals surface area contributed by atoms with Crippen molar-refractivity contribution >= 4 is 11.9 Å². The molecule has 1 aromatic carbocycles. The molecule has 7 nitrogen and oxygen atoms in total. The van der Waals surface area contributed by atoms with Crippen molar-refractivity contribution in [2.24, 2.45) is 5.73 Å². The summed E-state index contributed by atoms with van der Waals surface area (Å²) in [4.78, 5) is 24.1. The number of ether oxygens (including phenoxy) is 2. The van der Waals surface area contributed by atoms with Crippen molar-refractivity contribution < 1.29 is 19.1 Å². The first-order chi connectivity index (χ1) is 11.1. The van der Waals surface area contributed by atoms with Crippen molar-refractivity contribution in [3.05, 3.63) is 24.3 Å². The smallest absolute Gasteiger partial charge is 0.318 e. The van der Waals surface area contributed by atoms with E-state index in [0.717, 1.165) is 37.4 Å². The Balaban J connectivity index is 1.81. The number of nitrogens with two attached hydrogens (primary N) is 1. The maximum absolute atomic E-state index is 11.5. The molecule has 1 aliphatic rings. The number of hydrogen-bond donors (Lipinski definition) is 2. The number of primary amides is 1. The molecule has 3 amide bonds. The molecule has 0 spiro atoms. The first-order valence-electron chi connectivity index (χ1n) is 7.78. The Morgan fingerprint density at radius 1 is 1.26 bits per heavy atom. The van der Waals surface area contributed by atoms with Gasteiger partial charge >= 0.3 is 6.03 Å². The number of piperidine rings is 1. The number of imide groups is 1. The Morgan fingerprint density at radius 3 is 2.52 bits per heavy atom. The molecule has 23 heavy (non-hydrogen) atoms. The summed E-state index contributed by atoms with van der Waals surface area (Å²) in [6.45, 7) is 4.16. The fourth-order valence-corrected chi connectivity index (χ4v) is 2.57. The molecular formula is C16H23N3O4. The van der Waals surface area contributed by atoms with Crippen LogP contribution in [0.4, 0.5) is 4.79 Å². The molecule has 0 unspecified atom stereocenters. The van der Waals surface area contributed by atoms with Gasteiger partial charge in [0.25, 0.3) is 0 Å². The molecule has 126 valence electrons. The Labute approximate surface area is 135 Å². The van der Waals surface area contributed by atoms with Gasteiger partial charge in [0.2, 0.25) is 5.91 Å². The molecule has 1 aromatic rings. The van der Waals surface area contributed by atoms with Crippen LogP contribution in [0, 0.1) is 0 Å². The molecule has 0 bridgehead atoms. The highest BCUT2D eigenvalue weighted by Gasteiger charge is 2.23. The molecule has 2 rings (SSSR count). The number of carbonyl (C=O) groups excluding carboxylic acids is 2. The molecule has 1 aliphatic heterocycles. The van der Waals surface area contributed by atoms with Gasteiger partial charge in [-0.2, -0.15) is 0 Å². The van der Waals surface area contributed by atoms with Crippen molar-refractivity contribution in [3.63, 3.8) is 0 Å². The van der Waals surface area contributed by atoms with E-state index in [2.05, 4.69) is 5.32 Å². The van der Waals surface area contributed by atoms with Crippen molar-refractivity contribution in [2.75, 3.05) is 26.2 Å². The number of rotatable bonds is 6. The van der Waals surface area contributed by atoms with Gasteiger partial charge in [-0.3, -0.25) is 15.0 Å². The molecule has 0 radical (unpaired) electrons. The Morgan fingerprint density at radius 2 is 1.91 bits per heavy atom. The molecule has 0 atom stereocenters. The molecule has 1 fully saturated rings. The summed E-state index contributed by atoms with van der Waals surface area (Å²) >= 11 is 0. The van der Waals surface area contributed by atoms with Crippen LogP contribution in [0.25, 0.3) is 0 Å². The van der Waals surface area contributed by atoms with E-state index in [1.807, 2.05) is 36.1 Å². The quantitative estimate of drug-likeness (QED) is 0.819. The fraction of sp³-hybridized carbons (Fsp3) is 0.500. The summed E-state index contributed by atoms with van der Waals surface area (Å²) in [5.41, 5.74) is 4.92. The van der Waals surface area contributed by atoms with Crippen LogP contribution in [0.3, 0.4) is 0 Å². The second kappa shape index (κ2) is 8.38. The van der Waals surface area contributed by atoms with Crippen molar-refractivity contribution in [1.29, 1.82) is 0 Å². The summed E-state index contributed by atoms with van der Waals surface area (Å²) in [6.07, 6.45) is 1.71. The number of nitrogens with zero attached hydrogens (tertiary/aromatic N) is 1. The SMILES string of the molecule is CCOc1ccccc1OC1CCN(CC(=O)NC(N)=O)CC1. The largest absolute Gasteiger partial charge is 0.490 e. The van der Waals surface area contributed by atoms with E-state index >= 15 is 0 Å². The maximum Gasteiger partial charge on any atom is 0.318 e. The van der Waals surface area contributed by atoms with Gasteiger partial charge in [-0.05, 0) is 31.9 Å². The summed E-state index contributed by atoms with van der Waals surface area (Å²) < 4.78 is 11.6. The Kier molecular flexibility index (Phi) is 6.22. The lowest BCUT2D eigenvalue weighted by molar-refractivity contribution is -0.121. The van der Waals surface area contributed by atoms with E-state index in [4.69, 9.17) is 15.2 Å². The van der Waals surface area contributed by atoms with E-state index in [1.165, 1.54) is 0 Å². The minimum absolute atomic E-state index is 0.0899. The van der Waals surface area contributed by atoms with Crippen LogP contribution in [0.1, 0.15) is 19.8 Å². The van der Waals surface area contributed by atoms with Crippen LogP contribution in [0.2, 0.25) is 0 Å². The minimum Gasteiger partial charge on any atom is -0.490 e. The van der Waals surface area contributed by atoms with Crippen molar-refractivity contribution in [2.45, 2.75) is 25.9 Å². The lowest BCUT2D eigenvalue weighted by atomic mass is 10.1. The first-order valence-corrected chi connectivity index (χ1v) is 7.78. The zero-order chi connectivity index (χ0) is 16.7. The predicted octanol–water partition coefficient (Wildman–Crippen LogP) is 1.12. The van der Waals surface area contributed by atoms with Crippen LogP contribution in [-0.2, 0) is 4.79 Å². The van der Waals surface area contributed by atoms with E-state index in [9.17, 15) is 9.59 Å². The predicted molar refractivity (Wildman–Crippen MR) is 85.4 cm³/mol. The van der Waals surface area contributed by atoms with Crippen LogP contribution in [0.15, 0.2) is 24.3 Å². The third kappa shape index (κ3) is 5.45. The zero-order valence-electron chi connectivity index (χ0n) is 13.3. The normalized spacial score (nSPS) is 15.9. The number of likely N-dealkylation sites (tertiary alicyclic amines) is 1. The molecule has 1 saturated heterocycles. The number of nitrogens with one attached hydrogen (secondary N) is 1. The van der Waals surface area contributed by atoms with E-state index in [1.54, 1.807) is 0 Å². The van der Waals surface area contributed by atoms with Gasteiger partial charge in [0.15, 0.2) is 11.5 Å². The zero-order valence-corrected chi connectivity index (χ0v) is 13.3. The molecule has 0 saturated carbocycles. The van der Waals surface area contributed by atoms with Crippen LogP contribution >= 0.6 is 0 Å². The Hall–Kier alpha value is -2.28. The van der Waals surface area contributed by atoms with Gasteiger partial charge < -0.3 is 15.2 Å². The number of carbonyl (C=O) groups is 2. The average Bonchev–Trinajstić information content (AvgIpc) is 2.50. The average molecular weight is 321 g/mol. The van der Waals surface area contributed by atoms with Gasteiger partial charge in [-0.25, -0.2) is 4.79 Å². The standard InChI is InChI=1S/C16H23N3O4/c1-2-22-13-5-3-4-6-14(13)23-12-7-9-19(10-8-12)11-15(20)18-16(17)21/h3-6,12H,2,7-11H2,1H3,(H3,17,18,20,21). The lowest BCUT2D eigenvalue weighted by Crippen LogP contribution is -2.46. The summed E-state index contributed by atoms with van der Waals surface area (Å²) in [5.74, 6) is 1.12. The third-order valence-electron chi connectivity index (χ3n) is 3.61. The first kappa shape index (κ1) is 17.1. The molecule has 0 aromatic heterocycles. The van der Waals surface area contributed by atoms with Crippen LogP contribution in [0.5, 0.6) is 11.5 Å². The van der Waals surface area contributed by atoms with Crippen molar-refractivity contribution in [1.82, 2.24) is 10.2 Å². The van der Waals surface area contributed by atoms with Gasteiger partial charge in [-0.15, -0.1) is 0 Å². The maximum atomic E-state index is 11.5. The van der Waals surface area contributed by atoms with Gasteiger partial charge in [0.05, 0.1) is 13.2 Å². The molecule has 7 heteroatoms. The highest BCUT2D eigenvalue weighted by atomic mass is 16.5. The van der Waals surface area contributed by atoms with Gasteiger partial charge in [0, 0.05) is 13.1 Å². The summed E-state index contributed by atoms with van der Waals surface area (Å²) in [6, 6.07) is 6.81. The molecule has 3 N–H and O–H groups in total. The van der Waals surface area contributed by atoms with Crippen LogP contribution < -0.4 is 20.5 Å². The second-order valence-electron chi connectivity index (χ2n) is 5.39. The minimum atomic E-state index is -0.819. The molecular weight excluding hydrogens is 298 g/mol. The highest BCUT2D eigenvalue weighted by molar-refractivity contribution is 5.94. The van der Waals surface area contributed by atoms with E-state index in [-0.39, 0.29) is 18.6 Å². The lowest BCUT2D eigenvalue weighted by Gasteiger charge is -2.31. The molecule has 0 aliphatic carbocycles. The van der Waals surface area contributed by atoms with Gasteiger partial charge in [-0.1, -0.05) is 12.1 Å². The second-order valence-corrected chi connectivity index (χ2v) is 5.39. The number of benzene rings is 1. The third-order valence-corrected chi connectivity index (χ3v) is 3.61.